The van der Waals surface area contributed by atoms with Crippen LogP contribution >= 0.6 is 11.6 Å². The lowest BCUT2D eigenvalue weighted by molar-refractivity contribution is -0.0539. The number of hydrogen-bond acceptors (Lipinski definition) is 3. The van der Waals surface area contributed by atoms with Gasteiger partial charge in [0.2, 0.25) is 0 Å². The molecule has 2 aromatic rings. The minimum atomic E-state index is -0.250. The highest BCUT2D eigenvalue weighted by atomic mass is 35.5. The van der Waals surface area contributed by atoms with E-state index in [0.717, 1.165) is 42.6 Å². The molecule has 3 nitrogen and oxygen atoms in total. The Bertz CT molecular complexity index is 912. The van der Waals surface area contributed by atoms with E-state index in [2.05, 4.69) is 34.5 Å². The molecule has 0 saturated heterocycles. The molecule has 1 aromatic heterocycles. The lowest BCUT2D eigenvalue weighted by Crippen LogP contribution is -2.32. The average molecular weight is 363 g/mol. The van der Waals surface area contributed by atoms with Crippen molar-refractivity contribution in [1.82, 2.24) is 10.5 Å². The van der Waals surface area contributed by atoms with Gasteiger partial charge in [-0.05, 0) is 74.1 Å². The van der Waals surface area contributed by atoms with Crippen molar-refractivity contribution in [3.8, 4) is 11.8 Å². The smallest absolute Gasteiger partial charge is 0.118 e. The molecule has 1 spiro atoms. The minimum Gasteiger partial charge on any atom is -0.265 e. The highest BCUT2D eigenvalue weighted by Gasteiger charge is 2.37. The Labute approximate surface area is 158 Å². The van der Waals surface area contributed by atoms with E-state index in [0.29, 0.717) is 5.02 Å². The zero-order chi connectivity index (χ0) is 17.8. The molecular weight excluding hydrogens is 344 g/mol. The molecule has 0 atom stereocenters. The van der Waals surface area contributed by atoms with Gasteiger partial charge in [-0.25, -0.2) is 0 Å². The van der Waals surface area contributed by atoms with Crippen molar-refractivity contribution in [2.45, 2.75) is 31.3 Å². The molecular formula is C22H19ClN2O. The van der Waals surface area contributed by atoms with Crippen LogP contribution in [0.2, 0.25) is 5.02 Å². The largest absolute Gasteiger partial charge is 0.265 e. The summed E-state index contributed by atoms with van der Waals surface area (Å²) >= 11 is 6.00. The molecule has 0 amide bonds. The molecule has 4 heteroatoms. The van der Waals surface area contributed by atoms with Crippen LogP contribution in [0, 0.1) is 11.8 Å². The second-order valence-electron chi connectivity index (χ2n) is 6.64. The molecule has 1 N–H and O–H groups in total. The summed E-state index contributed by atoms with van der Waals surface area (Å²) in [5, 5.41) is 0.692. The number of nitrogens with one attached hydrogen (secondary N) is 1. The van der Waals surface area contributed by atoms with Crippen LogP contribution in [-0.4, -0.2) is 10.6 Å². The first-order chi connectivity index (χ1) is 12.7. The van der Waals surface area contributed by atoms with Crippen LogP contribution in [0.1, 0.15) is 36.9 Å². The monoisotopic (exact) mass is 362 g/mol. The van der Waals surface area contributed by atoms with Gasteiger partial charge in [-0.15, -0.1) is 0 Å². The number of rotatable bonds is 1. The van der Waals surface area contributed by atoms with Gasteiger partial charge < -0.3 is 0 Å². The van der Waals surface area contributed by atoms with Crippen molar-refractivity contribution in [3.63, 3.8) is 0 Å². The van der Waals surface area contributed by atoms with E-state index in [4.69, 9.17) is 16.4 Å². The normalized spacial score (nSPS) is 21.6. The minimum absolute atomic E-state index is 0.250. The second-order valence-corrected chi connectivity index (χ2v) is 7.08. The summed E-state index contributed by atoms with van der Waals surface area (Å²) in [5.74, 6) is 6.27. The SMILES string of the molecule is Clc1cccc(C#CC2=CC3(CCC(=Cc4ccccn4)CC3)ON2)c1. The van der Waals surface area contributed by atoms with Gasteiger partial charge in [-0.3, -0.25) is 15.3 Å². The Balaban J connectivity index is 1.43. The second kappa shape index (κ2) is 7.37. The van der Waals surface area contributed by atoms with Crippen molar-refractivity contribution >= 4 is 17.7 Å². The fourth-order valence-corrected chi connectivity index (χ4v) is 3.49. The number of hydroxylamine groups is 1. The zero-order valence-corrected chi connectivity index (χ0v) is 15.1. The molecule has 0 radical (unpaired) electrons. The molecule has 130 valence electrons. The summed E-state index contributed by atoms with van der Waals surface area (Å²) in [7, 11) is 0. The summed E-state index contributed by atoms with van der Waals surface area (Å²) in [6, 6.07) is 13.5. The maximum atomic E-state index is 6.00. The van der Waals surface area contributed by atoms with Gasteiger partial charge >= 0.3 is 0 Å². The lowest BCUT2D eigenvalue weighted by Gasteiger charge is -2.30. The third kappa shape index (κ3) is 3.99. The number of hydrogen-bond donors (Lipinski definition) is 1. The van der Waals surface area contributed by atoms with Crippen LogP contribution in [0.3, 0.4) is 0 Å². The molecule has 1 aliphatic carbocycles. The molecule has 1 fully saturated rings. The summed E-state index contributed by atoms with van der Waals surface area (Å²) < 4.78 is 0. The maximum absolute atomic E-state index is 6.00. The molecule has 26 heavy (non-hydrogen) atoms. The van der Waals surface area contributed by atoms with Crippen LogP contribution in [-0.2, 0) is 4.84 Å². The quantitative estimate of drug-likeness (QED) is 0.732. The molecule has 4 rings (SSSR count). The molecule has 0 bridgehead atoms. The number of nitrogens with zero attached hydrogens (tertiary/aromatic N) is 1. The summed E-state index contributed by atoms with van der Waals surface area (Å²) in [6.45, 7) is 0. The van der Waals surface area contributed by atoms with Gasteiger partial charge in [0.05, 0.1) is 5.69 Å². The van der Waals surface area contributed by atoms with Gasteiger partial charge in [-0.1, -0.05) is 35.2 Å². The van der Waals surface area contributed by atoms with Crippen LogP contribution in [0.15, 0.2) is 66.0 Å². The van der Waals surface area contributed by atoms with E-state index in [1.54, 1.807) is 0 Å². The van der Waals surface area contributed by atoms with E-state index < -0.39 is 0 Å². The lowest BCUT2D eigenvalue weighted by atomic mass is 9.81. The topological polar surface area (TPSA) is 34.1 Å². The summed E-state index contributed by atoms with van der Waals surface area (Å²) in [5.41, 5.74) is 6.90. The molecule has 2 aliphatic rings. The van der Waals surface area contributed by atoms with Crippen LogP contribution < -0.4 is 5.48 Å². The number of benzene rings is 1. The van der Waals surface area contributed by atoms with E-state index in [1.807, 2.05) is 48.7 Å². The van der Waals surface area contributed by atoms with E-state index in [1.165, 1.54) is 5.57 Å². The molecule has 2 heterocycles. The Morgan fingerprint density at radius 2 is 2.00 bits per heavy atom. The van der Waals surface area contributed by atoms with Crippen molar-refractivity contribution in [3.05, 3.63) is 82.3 Å². The van der Waals surface area contributed by atoms with Gasteiger partial charge in [0, 0.05) is 16.8 Å². The molecule has 1 aromatic carbocycles. The van der Waals surface area contributed by atoms with E-state index in [-0.39, 0.29) is 5.60 Å². The van der Waals surface area contributed by atoms with Crippen LogP contribution in [0.5, 0.6) is 0 Å². The summed E-state index contributed by atoms with van der Waals surface area (Å²) in [6.07, 6.45) is 10.0. The standard InChI is InChI=1S/C22H19ClN2O/c23-19-5-3-4-17(14-19)7-8-21-16-22(26-25-21)11-9-18(10-12-22)15-20-6-1-2-13-24-20/h1-6,13-16,25H,9-12H2. The first kappa shape index (κ1) is 16.9. The fraction of sp³-hybridized carbons (Fsp3) is 0.227. The van der Waals surface area contributed by atoms with Gasteiger partial charge in [0.15, 0.2) is 0 Å². The van der Waals surface area contributed by atoms with Gasteiger partial charge in [-0.2, -0.15) is 0 Å². The Morgan fingerprint density at radius 3 is 2.77 bits per heavy atom. The van der Waals surface area contributed by atoms with E-state index >= 15 is 0 Å². The van der Waals surface area contributed by atoms with Crippen molar-refractivity contribution in [2.24, 2.45) is 0 Å². The third-order valence-electron chi connectivity index (χ3n) is 4.72. The number of allylic oxidation sites excluding steroid dienone is 2. The Morgan fingerprint density at radius 1 is 1.12 bits per heavy atom. The van der Waals surface area contributed by atoms with Crippen LogP contribution in [0.4, 0.5) is 0 Å². The highest BCUT2D eigenvalue weighted by Crippen LogP contribution is 2.38. The van der Waals surface area contributed by atoms with Crippen molar-refractivity contribution in [2.75, 3.05) is 0 Å². The predicted octanol–water partition coefficient (Wildman–Crippen LogP) is 4.90. The highest BCUT2D eigenvalue weighted by molar-refractivity contribution is 6.30. The predicted molar refractivity (Wildman–Crippen MR) is 104 cm³/mol. The molecule has 1 aliphatic heterocycles. The first-order valence-electron chi connectivity index (χ1n) is 8.76. The number of aromatic nitrogens is 1. The third-order valence-corrected chi connectivity index (χ3v) is 4.95. The molecule has 1 saturated carbocycles. The maximum Gasteiger partial charge on any atom is 0.118 e. The van der Waals surface area contributed by atoms with Crippen molar-refractivity contribution < 1.29 is 4.84 Å². The van der Waals surface area contributed by atoms with Gasteiger partial charge in [0.1, 0.15) is 11.3 Å². The number of halogens is 1. The molecule has 0 unspecified atom stereocenters. The van der Waals surface area contributed by atoms with Crippen molar-refractivity contribution in [1.29, 1.82) is 0 Å². The fourth-order valence-electron chi connectivity index (χ4n) is 3.30. The Hall–Kier alpha value is -2.54. The average Bonchev–Trinajstić information content (AvgIpc) is 3.06. The Kier molecular flexibility index (Phi) is 4.79. The van der Waals surface area contributed by atoms with E-state index in [9.17, 15) is 0 Å². The first-order valence-corrected chi connectivity index (χ1v) is 9.14. The number of pyridine rings is 1. The van der Waals surface area contributed by atoms with Crippen LogP contribution in [0.25, 0.3) is 6.08 Å². The van der Waals surface area contributed by atoms with Gasteiger partial charge in [0.25, 0.3) is 0 Å². The summed E-state index contributed by atoms with van der Waals surface area (Å²) in [4.78, 5) is 10.3. The zero-order valence-electron chi connectivity index (χ0n) is 14.3.